The maximum absolute atomic E-state index is 10.2. The van der Waals surface area contributed by atoms with Crippen LogP contribution < -0.4 is 0 Å². The van der Waals surface area contributed by atoms with Gasteiger partial charge in [0.05, 0.1) is 5.69 Å². The molecule has 0 aliphatic rings. The number of nitrogens with zero attached hydrogens (tertiary/aromatic N) is 1. The van der Waals surface area contributed by atoms with E-state index >= 15 is 0 Å². The number of hydrogen-bond donors (Lipinski definition) is 0. The Bertz CT molecular complexity index is 489. The molecule has 0 N–H and O–H groups in total. The molecule has 0 bridgehead atoms. The molecular weight excluding hydrogens is 430 g/mol. The normalized spacial score (nSPS) is 8.70. The minimum absolute atomic E-state index is 0. The van der Waals surface area contributed by atoms with Gasteiger partial charge in [-0.1, -0.05) is 43.3 Å². The SMILES string of the molecule is CCC(=O)C(C)=O.[Ir+3].c1ccc(-c2ccccn2)cc1. The van der Waals surface area contributed by atoms with E-state index in [1.807, 2.05) is 42.6 Å². The van der Waals surface area contributed by atoms with Crippen molar-refractivity contribution in [1.29, 1.82) is 0 Å². The van der Waals surface area contributed by atoms with Crippen LogP contribution in [0.4, 0.5) is 0 Å². The molecule has 2 aromatic rings. The van der Waals surface area contributed by atoms with Gasteiger partial charge >= 0.3 is 20.1 Å². The van der Waals surface area contributed by atoms with E-state index in [1.165, 1.54) is 6.92 Å². The third kappa shape index (κ3) is 6.50. The average Bonchev–Trinajstić information content (AvgIpc) is 2.49. The molecule has 0 spiro atoms. The van der Waals surface area contributed by atoms with Crippen LogP contribution in [0.25, 0.3) is 11.3 Å². The predicted octanol–water partition coefficient (Wildman–Crippen LogP) is 3.30. The van der Waals surface area contributed by atoms with E-state index in [1.54, 1.807) is 6.92 Å². The Balaban J connectivity index is 0.000000396. The Morgan fingerprint density at radius 2 is 1.60 bits per heavy atom. The fourth-order valence-corrected chi connectivity index (χ4v) is 1.39. The maximum Gasteiger partial charge on any atom is 3.00 e. The van der Waals surface area contributed by atoms with Crippen LogP contribution in [0, 0.1) is 0 Å². The van der Waals surface area contributed by atoms with E-state index in [2.05, 4.69) is 17.1 Å². The van der Waals surface area contributed by atoms with Crippen LogP contribution in [-0.4, -0.2) is 16.6 Å². The molecule has 0 unspecified atom stereocenters. The predicted molar refractivity (Wildman–Crippen MR) is 75.7 cm³/mol. The molecule has 1 aromatic carbocycles. The number of carbonyl (C=O) groups is 2. The van der Waals surface area contributed by atoms with Gasteiger partial charge in [-0.15, -0.1) is 0 Å². The largest absolute Gasteiger partial charge is 3.00 e. The van der Waals surface area contributed by atoms with Crippen molar-refractivity contribution in [3.63, 3.8) is 0 Å². The first-order chi connectivity index (χ1) is 9.15. The summed E-state index contributed by atoms with van der Waals surface area (Å²) in [6, 6.07) is 16.1. The zero-order valence-corrected chi connectivity index (χ0v) is 13.9. The molecule has 0 saturated heterocycles. The molecule has 1 heterocycles. The molecule has 20 heavy (non-hydrogen) atoms. The third-order valence-electron chi connectivity index (χ3n) is 2.45. The van der Waals surface area contributed by atoms with Gasteiger partial charge < -0.3 is 0 Å². The summed E-state index contributed by atoms with van der Waals surface area (Å²) in [5.74, 6) is -0.637. The summed E-state index contributed by atoms with van der Waals surface area (Å²) >= 11 is 0. The van der Waals surface area contributed by atoms with Crippen LogP contribution in [-0.2, 0) is 29.7 Å². The molecule has 4 heteroatoms. The molecular formula is C16H17IrNO2+3. The van der Waals surface area contributed by atoms with Crippen molar-refractivity contribution < 1.29 is 29.7 Å². The van der Waals surface area contributed by atoms with Gasteiger partial charge in [0, 0.05) is 25.1 Å². The molecule has 0 aliphatic carbocycles. The first-order valence-electron chi connectivity index (χ1n) is 6.15. The van der Waals surface area contributed by atoms with Crippen LogP contribution in [0.2, 0.25) is 0 Å². The minimum atomic E-state index is -0.345. The quantitative estimate of drug-likeness (QED) is 0.679. The average molecular weight is 448 g/mol. The van der Waals surface area contributed by atoms with Gasteiger partial charge in [-0.25, -0.2) is 0 Å². The number of ketones is 2. The first kappa shape index (κ1) is 18.4. The van der Waals surface area contributed by atoms with Crippen molar-refractivity contribution >= 4 is 11.6 Å². The molecule has 2 rings (SSSR count). The van der Waals surface area contributed by atoms with Gasteiger partial charge in [-0.05, 0) is 12.1 Å². The molecule has 1 aromatic heterocycles. The zero-order chi connectivity index (χ0) is 14.1. The smallest absolute Gasteiger partial charge is 0.291 e. The first-order valence-corrected chi connectivity index (χ1v) is 6.15. The second kappa shape index (κ2) is 10.2. The summed E-state index contributed by atoms with van der Waals surface area (Å²) in [5, 5.41) is 0. The summed E-state index contributed by atoms with van der Waals surface area (Å²) in [4.78, 5) is 24.4. The summed E-state index contributed by atoms with van der Waals surface area (Å²) in [7, 11) is 0. The Hall–Kier alpha value is -1.64. The fourth-order valence-electron chi connectivity index (χ4n) is 1.39. The van der Waals surface area contributed by atoms with Gasteiger partial charge in [-0.2, -0.15) is 0 Å². The van der Waals surface area contributed by atoms with Crippen LogP contribution in [0.5, 0.6) is 0 Å². The van der Waals surface area contributed by atoms with Gasteiger partial charge in [0.1, 0.15) is 0 Å². The van der Waals surface area contributed by atoms with E-state index in [9.17, 15) is 9.59 Å². The monoisotopic (exact) mass is 448 g/mol. The summed E-state index contributed by atoms with van der Waals surface area (Å²) < 4.78 is 0. The van der Waals surface area contributed by atoms with E-state index < -0.39 is 0 Å². The summed E-state index contributed by atoms with van der Waals surface area (Å²) in [6.45, 7) is 2.95. The fraction of sp³-hybridized carbons (Fsp3) is 0.188. The van der Waals surface area contributed by atoms with E-state index in [0.29, 0.717) is 6.42 Å². The number of carbonyl (C=O) groups excluding carboxylic acids is 2. The summed E-state index contributed by atoms with van der Waals surface area (Å²) in [5.41, 5.74) is 2.19. The van der Waals surface area contributed by atoms with Gasteiger partial charge in [0.2, 0.25) is 0 Å². The Labute approximate surface area is 132 Å². The minimum Gasteiger partial charge on any atom is -0.291 e. The standard InChI is InChI=1S/C11H9N.C5H8O2.Ir/c1-2-6-10(7-3-1)11-8-4-5-9-12-11;1-3-5(7)4(2)6;/h1-9H;3H2,1-2H3;/q;;+3. The number of rotatable bonds is 3. The number of pyridine rings is 1. The van der Waals surface area contributed by atoms with Gasteiger partial charge in [-0.3, -0.25) is 14.6 Å². The Morgan fingerprint density at radius 1 is 1.00 bits per heavy atom. The van der Waals surface area contributed by atoms with Crippen molar-refractivity contribution in [1.82, 2.24) is 4.98 Å². The van der Waals surface area contributed by atoms with Crippen LogP contribution in [0.15, 0.2) is 54.7 Å². The molecule has 0 atom stereocenters. The van der Waals surface area contributed by atoms with Crippen LogP contribution >= 0.6 is 0 Å². The number of aromatic nitrogens is 1. The molecule has 0 amide bonds. The van der Waals surface area contributed by atoms with E-state index in [4.69, 9.17) is 0 Å². The van der Waals surface area contributed by atoms with E-state index in [0.717, 1.165) is 11.3 Å². The van der Waals surface area contributed by atoms with Gasteiger partial charge in [0.25, 0.3) is 0 Å². The molecule has 0 aliphatic heterocycles. The van der Waals surface area contributed by atoms with Crippen molar-refractivity contribution in [3.05, 3.63) is 54.7 Å². The Kier molecular flexibility index (Phi) is 9.35. The zero-order valence-electron chi connectivity index (χ0n) is 11.5. The van der Waals surface area contributed by atoms with Crippen LogP contribution in [0.1, 0.15) is 20.3 Å². The number of hydrogen-bond acceptors (Lipinski definition) is 3. The molecule has 0 saturated carbocycles. The third-order valence-corrected chi connectivity index (χ3v) is 2.45. The maximum atomic E-state index is 10.2. The second-order valence-corrected chi connectivity index (χ2v) is 3.91. The topological polar surface area (TPSA) is 47.0 Å². The van der Waals surface area contributed by atoms with E-state index in [-0.39, 0.29) is 31.7 Å². The molecule has 104 valence electrons. The Morgan fingerprint density at radius 3 is 2.00 bits per heavy atom. The van der Waals surface area contributed by atoms with Crippen molar-refractivity contribution in [2.45, 2.75) is 20.3 Å². The van der Waals surface area contributed by atoms with Crippen molar-refractivity contribution in [2.75, 3.05) is 0 Å². The summed E-state index contributed by atoms with van der Waals surface area (Å²) in [6.07, 6.45) is 2.14. The van der Waals surface area contributed by atoms with Crippen molar-refractivity contribution in [3.8, 4) is 11.3 Å². The molecule has 0 radical (unpaired) electrons. The van der Waals surface area contributed by atoms with Gasteiger partial charge in [0.15, 0.2) is 11.6 Å². The second-order valence-electron chi connectivity index (χ2n) is 3.91. The number of Topliss-reactive ketones (excluding diaryl/α,β-unsaturated/α-hetero) is 2. The van der Waals surface area contributed by atoms with Crippen LogP contribution in [0.3, 0.4) is 0 Å². The molecule has 0 fully saturated rings. The number of benzene rings is 1. The molecule has 3 nitrogen and oxygen atoms in total. The van der Waals surface area contributed by atoms with Crippen molar-refractivity contribution in [2.24, 2.45) is 0 Å².